The van der Waals surface area contributed by atoms with Crippen LogP contribution in [0.4, 0.5) is 0 Å². The maximum Gasteiger partial charge on any atom is 0.264 e. The van der Waals surface area contributed by atoms with Crippen molar-refractivity contribution in [1.29, 1.82) is 0 Å². The van der Waals surface area contributed by atoms with Crippen LogP contribution in [-0.2, 0) is 14.6 Å². The van der Waals surface area contributed by atoms with Gasteiger partial charge in [-0.2, -0.15) is 0 Å². The Balaban J connectivity index is 0.000000286. The van der Waals surface area contributed by atoms with Crippen molar-refractivity contribution in [2.75, 3.05) is 21.3 Å². The molecule has 0 saturated carbocycles. The molecule has 7 nitrogen and oxygen atoms in total. The molecule has 0 aliphatic heterocycles. The van der Waals surface area contributed by atoms with E-state index in [0.29, 0.717) is 0 Å². The van der Waals surface area contributed by atoms with Crippen LogP contribution in [0.2, 0.25) is 0 Å². The van der Waals surface area contributed by atoms with E-state index >= 15 is 0 Å². The fourth-order valence-corrected chi connectivity index (χ4v) is 1.46. The van der Waals surface area contributed by atoms with Crippen LogP contribution in [0.1, 0.15) is 0 Å². The van der Waals surface area contributed by atoms with Gasteiger partial charge in [0, 0.05) is 16.9 Å². The van der Waals surface area contributed by atoms with Crippen molar-refractivity contribution in [3.8, 4) is 5.75 Å². The smallest absolute Gasteiger partial charge is 0.264 e. The molecule has 20 heavy (non-hydrogen) atoms. The third-order valence-electron chi connectivity index (χ3n) is 2.37. The molecule has 0 atom stereocenters. The lowest BCUT2D eigenvalue weighted by atomic mass is 10.2. The predicted molar refractivity (Wildman–Crippen MR) is 69.9 cm³/mol. The number of nitrogens with zero attached hydrogens (tertiary/aromatic N) is 1. The largest absolute Gasteiger partial charge is 0.726 e. The van der Waals surface area contributed by atoms with Gasteiger partial charge in [0.15, 0.2) is 0 Å². The Hall–Kier alpha value is -1.90. The predicted octanol–water partition coefficient (Wildman–Crippen LogP) is 0.287. The highest BCUT2D eigenvalue weighted by Crippen LogP contribution is 2.17. The summed E-state index contributed by atoms with van der Waals surface area (Å²) in [5, 5.41) is 1.09. The number of benzene rings is 1. The van der Waals surface area contributed by atoms with Gasteiger partial charge in [0.05, 0.1) is 19.6 Å². The van der Waals surface area contributed by atoms with E-state index in [1.807, 2.05) is 36.5 Å². The Morgan fingerprint density at radius 1 is 1.15 bits per heavy atom. The minimum Gasteiger partial charge on any atom is -0.726 e. The van der Waals surface area contributed by atoms with E-state index in [4.69, 9.17) is 9.57 Å². The Bertz CT molecular complexity index is 671. The molecule has 0 amide bonds. The summed E-state index contributed by atoms with van der Waals surface area (Å²) in [4.78, 5) is 5.18. The fourth-order valence-electron chi connectivity index (χ4n) is 1.46. The van der Waals surface area contributed by atoms with Gasteiger partial charge in [-0.25, -0.2) is 8.42 Å². The Labute approximate surface area is 117 Å². The quantitative estimate of drug-likeness (QED) is 0.460. The summed E-state index contributed by atoms with van der Waals surface area (Å²) in [6.45, 7) is 0. The van der Waals surface area contributed by atoms with Gasteiger partial charge in [0.25, 0.3) is 5.52 Å². The standard InChI is InChI=1S/C11H12NO2.CH4O4S/c1-13-10-5-6-11-9(8-10)4-3-7-12(11)14-2;1-5-6(2,3)4/h3-8H,1-2H3;1H3,(H,2,3,4)/q+1;/p-1. The summed E-state index contributed by atoms with van der Waals surface area (Å²) < 4.78 is 37.9. The molecule has 0 N–H and O–H groups in total. The van der Waals surface area contributed by atoms with Gasteiger partial charge in [0.2, 0.25) is 16.6 Å². The van der Waals surface area contributed by atoms with E-state index < -0.39 is 10.4 Å². The Kier molecular flexibility index (Phi) is 5.68. The molecule has 0 fully saturated rings. The zero-order valence-electron chi connectivity index (χ0n) is 11.3. The molecule has 110 valence electrons. The van der Waals surface area contributed by atoms with Gasteiger partial charge in [0.1, 0.15) is 12.9 Å². The summed E-state index contributed by atoms with van der Waals surface area (Å²) in [6, 6.07) is 9.82. The van der Waals surface area contributed by atoms with Crippen LogP contribution in [0.3, 0.4) is 0 Å². The number of hydrogen-bond donors (Lipinski definition) is 0. The monoisotopic (exact) mass is 301 g/mol. The molecule has 0 aliphatic rings. The van der Waals surface area contributed by atoms with Crippen LogP contribution in [0, 0.1) is 0 Å². The highest BCUT2D eigenvalue weighted by atomic mass is 32.3. The molecule has 1 aromatic heterocycles. The van der Waals surface area contributed by atoms with Crippen molar-refractivity contribution in [1.82, 2.24) is 0 Å². The van der Waals surface area contributed by atoms with Crippen molar-refractivity contribution in [3.05, 3.63) is 36.5 Å². The maximum atomic E-state index is 9.22. The first kappa shape index (κ1) is 16.2. The zero-order chi connectivity index (χ0) is 15.2. The van der Waals surface area contributed by atoms with Crippen LogP contribution in [0.15, 0.2) is 36.5 Å². The second-order valence-electron chi connectivity index (χ2n) is 3.52. The van der Waals surface area contributed by atoms with Crippen molar-refractivity contribution < 1.29 is 31.5 Å². The average Bonchev–Trinajstić information content (AvgIpc) is 2.45. The number of hydrogen-bond acceptors (Lipinski definition) is 6. The lowest BCUT2D eigenvalue weighted by Gasteiger charge is -2.00. The van der Waals surface area contributed by atoms with Crippen molar-refractivity contribution in [3.63, 3.8) is 0 Å². The molecular formula is C12H15NO6S. The van der Waals surface area contributed by atoms with E-state index in [9.17, 15) is 13.0 Å². The number of ether oxygens (including phenoxy) is 1. The van der Waals surface area contributed by atoms with Gasteiger partial charge in [-0.3, -0.25) is 9.02 Å². The molecule has 0 unspecified atom stereocenters. The number of rotatable bonds is 3. The van der Waals surface area contributed by atoms with Crippen molar-refractivity contribution in [2.45, 2.75) is 0 Å². The van der Waals surface area contributed by atoms with E-state index in [0.717, 1.165) is 23.8 Å². The van der Waals surface area contributed by atoms with Crippen molar-refractivity contribution >= 4 is 21.3 Å². The minimum absolute atomic E-state index is 0.808. The van der Waals surface area contributed by atoms with Crippen LogP contribution >= 0.6 is 0 Å². The maximum absolute atomic E-state index is 9.22. The third kappa shape index (κ3) is 4.65. The third-order valence-corrected chi connectivity index (χ3v) is 2.78. The SMILES string of the molecule is COS(=O)(=O)[O-].COc1ccc2c(ccc[n+]2OC)c1. The molecule has 1 heterocycles. The molecule has 0 saturated heterocycles. The first-order chi connectivity index (χ1) is 9.41. The summed E-state index contributed by atoms with van der Waals surface area (Å²) in [6.07, 6.45) is 1.87. The number of pyridine rings is 1. The van der Waals surface area contributed by atoms with Gasteiger partial charge in [-0.05, 0) is 18.2 Å². The molecule has 0 spiro atoms. The summed E-state index contributed by atoms with van der Waals surface area (Å²) >= 11 is 0. The van der Waals surface area contributed by atoms with Gasteiger partial charge in [-0.15, -0.1) is 0 Å². The molecule has 2 aromatic rings. The zero-order valence-corrected chi connectivity index (χ0v) is 12.1. The highest BCUT2D eigenvalue weighted by molar-refractivity contribution is 7.80. The lowest BCUT2D eigenvalue weighted by Crippen LogP contribution is -2.40. The average molecular weight is 301 g/mol. The van der Waals surface area contributed by atoms with Crippen molar-refractivity contribution in [2.24, 2.45) is 0 Å². The van der Waals surface area contributed by atoms with Crippen LogP contribution in [0.5, 0.6) is 5.75 Å². The van der Waals surface area contributed by atoms with Gasteiger partial charge >= 0.3 is 0 Å². The van der Waals surface area contributed by atoms with Crippen LogP contribution in [-0.4, -0.2) is 34.3 Å². The Morgan fingerprint density at radius 3 is 2.30 bits per heavy atom. The molecule has 8 heteroatoms. The summed E-state index contributed by atoms with van der Waals surface area (Å²) in [7, 11) is -0.300. The second-order valence-corrected chi connectivity index (χ2v) is 4.67. The molecule has 0 aliphatic carbocycles. The van der Waals surface area contributed by atoms with Crippen LogP contribution < -0.4 is 14.3 Å². The van der Waals surface area contributed by atoms with E-state index in [1.165, 1.54) is 0 Å². The second kappa shape index (κ2) is 7.04. The normalized spacial score (nSPS) is 10.6. The number of fused-ring (bicyclic) bond motifs is 1. The first-order valence-corrected chi connectivity index (χ1v) is 6.79. The lowest BCUT2D eigenvalue weighted by molar-refractivity contribution is -0.865. The minimum atomic E-state index is -4.41. The van der Waals surface area contributed by atoms with Crippen LogP contribution in [0.25, 0.3) is 10.9 Å². The topological polar surface area (TPSA) is 88.8 Å². The number of methoxy groups -OCH3 is 1. The molecule has 0 bridgehead atoms. The number of aromatic nitrogens is 1. The van der Waals surface area contributed by atoms with Gasteiger partial charge < -0.3 is 9.29 Å². The molecular weight excluding hydrogens is 286 g/mol. The Morgan fingerprint density at radius 2 is 1.80 bits per heavy atom. The highest BCUT2D eigenvalue weighted by Gasteiger charge is 2.08. The molecule has 2 rings (SSSR count). The van der Waals surface area contributed by atoms with E-state index in [-0.39, 0.29) is 0 Å². The summed E-state index contributed by atoms with van der Waals surface area (Å²) in [5.74, 6) is 0.853. The van der Waals surface area contributed by atoms with E-state index in [2.05, 4.69) is 4.18 Å². The molecule has 1 aromatic carbocycles. The fraction of sp³-hybridized carbons (Fsp3) is 0.250. The molecule has 0 radical (unpaired) electrons. The van der Waals surface area contributed by atoms with Gasteiger partial charge in [-0.1, -0.05) is 0 Å². The summed E-state index contributed by atoms with van der Waals surface area (Å²) in [5.41, 5.74) is 1.02. The first-order valence-electron chi connectivity index (χ1n) is 5.45. The van der Waals surface area contributed by atoms with E-state index in [1.54, 1.807) is 19.0 Å².